The van der Waals surface area contributed by atoms with Crippen LogP contribution in [0.5, 0.6) is 0 Å². The van der Waals surface area contributed by atoms with E-state index in [0.717, 1.165) is 38.2 Å². The molecule has 1 aromatic carbocycles. The van der Waals surface area contributed by atoms with Crippen molar-refractivity contribution in [2.45, 2.75) is 56.9 Å². The van der Waals surface area contributed by atoms with Gasteiger partial charge in [-0.25, -0.2) is 17.5 Å². The number of hydrogen-bond donors (Lipinski definition) is 2. The van der Waals surface area contributed by atoms with Gasteiger partial charge in [-0.05, 0) is 31.0 Å². The standard InChI is InChI=1S/C14H23FN2O2S/c1-3-5-7-11(6-4-2)17-20(18,19)12-8-9-14(16)13(15)10-12/h8-11,17H,3-7,16H2,1-2H3. The highest BCUT2D eigenvalue weighted by Crippen LogP contribution is 2.18. The fourth-order valence-electron chi connectivity index (χ4n) is 2.02. The molecule has 0 radical (unpaired) electrons. The van der Waals surface area contributed by atoms with Crippen LogP contribution in [-0.2, 0) is 10.0 Å². The molecule has 0 aliphatic carbocycles. The van der Waals surface area contributed by atoms with Gasteiger partial charge in [-0.3, -0.25) is 0 Å². The molecule has 0 saturated carbocycles. The van der Waals surface area contributed by atoms with Crippen molar-refractivity contribution in [1.82, 2.24) is 4.72 Å². The second-order valence-corrected chi connectivity index (χ2v) is 6.65. The fourth-order valence-corrected chi connectivity index (χ4v) is 3.34. The molecule has 4 nitrogen and oxygen atoms in total. The van der Waals surface area contributed by atoms with Gasteiger partial charge in [0.05, 0.1) is 10.6 Å². The van der Waals surface area contributed by atoms with Crippen molar-refractivity contribution in [3.05, 3.63) is 24.0 Å². The molecule has 1 aromatic rings. The summed E-state index contributed by atoms with van der Waals surface area (Å²) in [6.45, 7) is 4.07. The molecule has 0 amide bonds. The third-order valence-electron chi connectivity index (χ3n) is 3.15. The number of benzene rings is 1. The highest BCUT2D eigenvalue weighted by molar-refractivity contribution is 7.89. The van der Waals surface area contributed by atoms with Gasteiger partial charge in [0.15, 0.2) is 0 Å². The lowest BCUT2D eigenvalue weighted by atomic mass is 10.1. The fraction of sp³-hybridized carbons (Fsp3) is 0.571. The van der Waals surface area contributed by atoms with Gasteiger partial charge >= 0.3 is 0 Å². The largest absolute Gasteiger partial charge is 0.396 e. The van der Waals surface area contributed by atoms with Crippen molar-refractivity contribution in [3.8, 4) is 0 Å². The number of halogens is 1. The summed E-state index contributed by atoms with van der Waals surface area (Å²) in [5.41, 5.74) is 5.30. The number of nitrogens with two attached hydrogens (primary N) is 1. The molecular weight excluding hydrogens is 279 g/mol. The van der Waals surface area contributed by atoms with Crippen LogP contribution in [0.1, 0.15) is 46.0 Å². The van der Waals surface area contributed by atoms with Gasteiger partial charge in [-0.1, -0.05) is 33.1 Å². The van der Waals surface area contributed by atoms with Gasteiger partial charge in [-0.15, -0.1) is 0 Å². The van der Waals surface area contributed by atoms with Gasteiger partial charge in [0.1, 0.15) is 5.82 Å². The van der Waals surface area contributed by atoms with Crippen LogP contribution >= 0.6 is 0 Å². The van der Waals surface area contributed by atoms with Crippen LogP contribution in [0.15, 0.2) is 23.1 Å². The van der Waals surface area contributed by atoms with Crippen LogP contribution in [0.2, 0.25) is 0 Å². The summed E-state index contributed by atoms with van der Waals surface area (Å²) < 4.78 is 40.5. The normalized spacial score (nSPS) is 13.3. The second-order valence-electron chi connectivity index (χ2n) is 4.93. The highest BCUT2D eigenvalue weighted by atomic mass is 32.2. The summed E-state index contributed by atoms with van der Waals surface area (Å²) in [7, 11) is -3.70. The van der Waals surface area contributed by atoms with Crippen LogP contribution in [0.4, 0.5) is 10.1 Å². The number of hydrogen-bond acceptors (Lipinski definition) is 3. The molecule has 0 saturated heterocycles. The molecule has 0 aromatic heterocycles. The molecule has 0 heterocycles. The van der Waals surface area contributed by atoms with E-state index in [0.29, 0.717) is 0 Å². The van der Waals surface area contributed by atoms with Gasteiger partial charge in [-0.2, -0.15) is 0 Å². The summed E-state index contributed by atoms with van der Waals surface area (Å²) in [6, 6.07) is 3.44. The Morgan fingerprint density at radius 2 is 1.95 bits per heavy atom. The third-order valence-corrected chi connectivity index (χ3v) is 4.67. The van der Waals surface area contributed by atoms with E-state index in [1.54, 1.807) is 0 Å². The third kappa shape index (κ3) is 4.76. The summed E-state index contributed by atoms with van der Waals surface area (Å²) in [6.07, 6.45) is 4.44. The van der Waals surface area contributed by atoms with E-state index in [-0.39, 0.29) is 16.6 Å². The summed E-state index contributed by atoms with van der Waals surface area (Å²) in [5, 5.41) is 0. The maximum absolute atomic E-state index is 13.4. The predicted molar refractivity (Wildman–Crippen MR) is 79.4 cm³/mol. The first kappa shape index (κ1) is 16.9. The van der Waals surface area contributed by atoms with Crippen molar-refractivity contribution in [2.75, 3.05) is 5.73 Å². The molecule has 0 aliphatic heterocycles. The van der Waals surface area contributed by atoms with Crippen LogP contribution < -0.4 is 10.5 Å². The van der Waals surface area contributed by atoms with E-state index >= 15 is 0 Å². The SMILES string of the molecule is CCCCC(CCC)NS(=O)(=O)c1ccc(N)c(F)c1. The molecule has 0 bridgehead atoms. The van der Waals surface area contributed by atoms with Crippen molar-refractivity contribution in [2.24, 2.45) is 0 Å². The number of rotatable bonds is 8. The number of sulfonamides is 1. The van der Waals surface area contributed by atoms with E-state index in [1.165, 1.54) is 12.1 Å². The Hall–Kier alpha value is -1.14. The Bertz CT molecular complexity index is 532. The van der Waals surface area contributed by atoms with E-state index in [1.807, 2.05) is 6.92 Å². The molecule has 6 heteroatoms. The minimum Gasteiger partial charge on any atom is -0.396 e. The first-order valence-electron chi connectivity index (χ1n) is 6.98. The smallest absolute Gasteiger partial charge is 0.240 e. The first-order valence-corrected chi connectivity index (χ1v) is 8.46. The van der Waals surface area contributed by atoms with E-state index in [2.05, 4.69) is 11.6 Å². The van der Waals surface area contributed by atoms with Crippen LogP contribution in [0.25, 0.3) is 0 Å². The molecule has 0 aliphatic rings. The first-order chi connectivity index (χ1) is 9.40. The topological polar surface area (TPSA) is 72.2 Å². The van der Waals surface area contributed by atoms with Gasteiger partial charge in [0, 0.05) is 6.04 Å². The lowest BCUT2D eigenvalue weighted by Crippen LogP contribution is -2.34. The van der Waals surface area contributed by atoms with Crippen molar-refractivity contribution in [1.29, 1.82) is 0 Å². The number of anilines is 1. The average Bonchev–Trinajstić information content (AvgIpc) is 2.39. The van der Waals surface area contributed by atoms with Crippen LogP contribution in [0, 0.1) is 5.82 Å². The second kappa shape index (κ2) is 7.59. The molecule has 0 spiro atoms. The molecule has 114 valence electrons. The van der Waals surface area contributed by atoms with Crippen molar-refractivity contribution in [3.63, 3.8) is 0 Å². The van der Waals surface area contributed by atoms with Crippen molar-refractivity contribution < 1.29 is 12.8 Å². The van der Waals surface area contributed by atoms with Gasteiger partial charge in [0.2, 0.25) is 10.0 Å². The van der Waals surface area contributed by atoms with E-state index in [4.69, 9.17) is 5.73 Å². The molecule has 1 rings (SSSR count). The van der Waals surface area contributed by atoms with Crippen molar-refractivity contribution >= 4 is 15.7 Å². The quantitative estimate of drug-likeness (QED) is 0.725. The Kier molecular flexibility index (Phi) is 6.42. The molecule has 20 heavy (non-hydrogen) atoms. The zero-order valence-electron chi connectivity index (χ0n) is 12.0. The summed E-state index contributed by atoms with van der Waals surface area (Å²) >= 11 is 0. The van der Waals surface area contributed by atoms with Crippen LogP contribution in [0.3, 0.4) is 0 Å². The predicted octanol–water partition coefficient (Wildman–Crippen LogP) is 3.05. The minimum atomic E-state index is -3.70. The summed E-state index contributed by atoms with van der Waals surface area (Å²) in [4.78, 5) is -0.0817. The lowest BCUT2D eigenvalue weighted by Gasteiger charge is -2.18. The Morgan fingerprint density at radius 3 is 2.50 bits per heavy atom. The molecule has 0 fully saturated rings. The molecule has 1 atom stereocenters. The van der Waals surface area contributed by atoms with Gasteiger partial charge in [0.25, 0.3) is 0 Å². The zero-order chi connectivity index (χ0) is 15.2. The van der Waals surface area contributed by atoms with E-state index < -0.39 is 15.8 Å². The lowest BCUT2D eigenvalue weighted by molar-refractivity contribution is 0.483. The highest BCUT2D eigenvalue weighted by Gasteiger charge is 2.20. The van der Waals surface area contributed by atoms with Crippen LogP contribution in [-0.4, -0.2) is 14.5 Å². The van der Waals surface area contributed by atoms with Gasteiger partial charge < -0.3 is 5.73 Å². The minimum absolute atomic E-state index is 0.0555. The maximum atomic E-state index is 13.4. The Balaban J connectivity index is 2.87. The Labute approximate surface area is 120 Å². The monoisotopic (exact) mass is 302 g/mol. The zero-order valence-corrected chi connectivity index (χ0v) is 12.8. The molecular formula is C14H23FN2O2S. The maximum Gasteiger partial charge on any atom is 0.240 e. The molecule has 3 N–H and O–H groups in total. The summed E-state index contributed by atoms with van der Waals surface area (Å²) in [5.74, 6) is -0.714. The molecule has 1 unspecified atom stereocenters. The average molecular weight is 302 g/mol. The number of nitrogen functional groups attached to an aromatic ring is 1. The Morgan fingerprint density at radius 1 is 1.25 bits per heavy atom. The number of nitrogens with one attached hydrogen (secondary N) is 1. The van der Waals surface area contributed by atoms with E-state index in [9.17, 15) is 12.8 Å². The number of unbranched alkanes of at least 4 members (excludes halogenated alkanes) is 1.